The minimum Gasteiger partial charge on any atom is -0.361 e. The van der Waals surface area contributed by atoms with Gasteiger partial charge in [-0.05, 0) is 41.8 Å². The second-order valence-electron chi connectivity index (χ2n) is 5.34. The normalized spacial score (nSPS) is 11.0. The minimum absolute atomic E-state index is 0.0395. The van der Waals surface area contributed by atoms with E-state index < -0.39 is 11.7 Å². The topological polar surface area (TPSA) is 44.9 Å². The predicted octanol–water partition coefficient (Wildman–Crippen LogP) is 3.97. The Morgan fingerprint density at radius 1 is 1.12 bits per heavy atom. The molecular formula is C19H13F3N2O. The molecule has 3 aromatic rings. The van der Waals surface area contributed by atoms with Gasteiger partial charge in [0.15, 0.2) is 0 Å². The molecule has 0 aliphatic carbocycles. The molecule has 0 aliphatic heterocycles. The van der Waals surface area contributed by atoms with Gasteiger partial charge in [-0.2, -0.15) is 13.2 Å². The highest BCUT2D eigenvalue weighted by atomic mass is 19.4. The van der Waals surface area contributed by atoms with Gasteiger partial charge < -0.3 is 10.3 Å². The Bertz CT molecular complexity index is 977. The maximum Gasteiger partial charge on any atom is 0.416 e. The van der Waals surface area contributed by atoms with Gasteiger partial charge in [0.1, 0.15) is 0 Å². The van der Waals surface area contributed by atoms with Crippen LogP contribution in [-0.4, -0.2) is 17.4 Å². The lowest BCUT2D eigenvalue weighted by atomic mass is 10.1. The van der Waals surface area contributed by atoms with Gasteiger partial charge >= 0.3 is 6.18 Å². The number of H-pyrrole nitrogens is 1. The molecule has 6 heteroatoms. The van der Waals surface area contributed by atoms with E-state index in [0.29, 0.717) is 5.56 Å². The molecule has 2 aromatic carbocycles. The summed E-state index contributed by atoms with van der Waals surface area (Å²) in [5, 5.41) is 3.62. The van der Waals surface area contributed by atoms with Crippen LogP contribution in [0, 0.1) is 11.8 Å². The Balaban J connectivity index is 1.63. The van der Waals surface area contributed by atoms with Crippen molar-refractivity contribution in [3.63, 3.8) is 0 Å². The number of halogens is 3. The van der Waals surface area contributed by atoms with Crippen molar-refractivity contribution in [3.05, 3.63) is 71.4 Å². The number of nitrogens with one attached hydrogen (secondary N) is 2. The predicted molar refractivity (Wildman–Crippen MR) is 89.0 cm³/mol. The number of fused-ring (bicyclic) bond motifs is 1. The molecule has 0 atom stereocenters. The first-order valence-electron chi connectivity index (χ1n) is 7.45. The minimum atomic E-state index is -4.40. The summed E-state index contributed by atoms with van der Waals surface area (Å²) in [6.45, 7) is 0.0395. The maximum absolute atomic E-state index is 12.6. The highest BCUT2D eigenvalue weighted by molar-refractivity contribution is 5.98. The summed E-state index contributed by atoms with van der Waals surface area (Å²) < 4.78 is 37.9. The molecule has 3 nitrogen and oxygen atoms in total. The van der Waals surface area contributed by atoms with Crippen LogP contribution in [0.3, 0.4) is 0 Å². The summed E-state index contributed by atoms with van der Waals surface area (Å²) in [6.07, 6.45) is -2.62. The Hall–Kier alpha value is -3.20. The molecule has 0 fully saturated rings. The van der Waals surface area contributed by atoms with Gasteiger partial charge in [0.05, 0.1) is 12.1 Å². The van der Waals surface area contributed by atoms with Crippen LogP contribution in [-0.2, 0) is 6.18 Å². The summed E-state index contributed by atoms with van der Waals surface area (Å²) in [4.78, 5) is 15.1. The van der Waals surface area contributed by atoms with E-state index in [-0.39, 0.29) is 18.0 Å². The van der Waals surface area contributed by atoms with Crippen molar-refractivity contribution < 1.29 is 18.0 Å². The molecule has 0 spiro atoms. The zero-order valence-corrected chi connectivity index (χ0v) is 12.9. The fourth-order valence-corrected chi connectivity index (χ4v) is 2.34. The van der Waals surface area contributed by atoms with E-state index in [1.165, 1.54) is 12.1 Å². The third-order valence-electron chi connectivity index (χ3n) is 3.58. The van der Waals surface area contributed by atoms with Crippen LogP contribution in [0.15, 0.2) is 54.7 Å². The molecule has 0 saturated carbocycles. The molecule has 0 saturated heterocycles. The van der Waals surface area contributed by atoms with Gasteiger partial charge in [-0.1, -0.05) is 24.0 Å². The van der Waals surface area contributed by atoms with E-state index in [2.05, 4.69) is 22.1 Å². The third-order valence-corrected chi connectivity index (χ3v) is 3.58. The van der Waals surface area contributed by atoms with Crippen molar-refractivity contribution in [2.45, 2.75) is 6.18 Å². The number of alkyl halides is 3. The largest absolute Gasteiger partial charge is 0.416 e. The van der Waals surface area contributed by atoms with E-state index in [4.69, 9.17) is 0 Å². The Labute approximate surface area is 141 Å². The number of aromatic nitrogens is 1. The number of carbonyl (C=O) groups excluding carboxylic acids is 1. The number of aromatic amines is 1. The maximum atomic E-state index is 12.6. The summed E-state index contributed by atoms with van der Waals surface area (Å²) in [7, 11) is 0. The molecule has 2 N–H and O–H groups in total. The fraction of sp³-hybridized carbons (Fsp3) is 0.105. The molecule has 0 bridgehead atoms. The monoisotopic (exact) mass is 342 g/mol. The molecule has 1 heterocycles. The number of benzene rings is 2. The lowest BCUT2D eigenvalue weighted by molar-refractivity contribution is -0.137. The fourth-order valence-electron chi connectivity index (χ4n) is 2.34. The zero-order chi connectivity index (χ0) is 17.9. The third kappa shape index (κ3) is 4.01. The average molecular weight is 342 g/mol. The Morgan fingerprint density at radius 2 is 1.96 bits per heavy atom. The molecule has 1 aromatic heterocycles. The summed E-state index contributed by atoms with van der Waals surface area (Å²) in [5.41, 5.74) is 0.831. The van der Waals surface area contributed by atoms with Crippen molar-refractivity contribution >= 4 is 16.8 Å². The van der Waals surface area contributed by atoms with Gasteiger partial charge in [0.2, 0.25) is 0 Å². The van der Waals surface area contributed by atoms with Gasteiger partial charge in [-0.25, -0.2) is 0 Å². The number of carbonyl (C=O) groups is 1. The van der Waals surface area contributed by atoms with E-state index in [9.17, 15) is 18.0 Å². The highest BCUT2D eigenvalue weighted by Gasteiger charge is 2.30. The first-order valence-corrected chi connectivity index (χ1v) is 7.45. The molecule has 0 radical (unpaired) electrons. The molecular weight excluding hydrogens is 329 g/mol. The second kappa shape index (κ2) is 6.73. The number of hydrogen-bond donors (Lipinski definition) is 2. The van der Waals surface area contributed by atoms with Crippen LogP contribution >= 0.6 is 0 Å². The van der Waals surface area contributed by atoms with Crippen LogP contribution in [0.25, 0.3) is 10.9 Å². The highest BCUT2D eigenvalue weighted by Crippen LogP contribution is 2.29. The molecule has 126 valence electrons. The van der Waals surface area contributed by atoms with E-state index in [1.807, 2.05) is 12.1 Å². The number of hydrogen-bond acceptors (Lipinski definition) is 1. The van der Waals surface area contributed by atoms with Crippen LogP contribution in [0.1, 0.15) is 21.5 Å². The van der Waals surface area contributed by atoms with E-state index >= 15 is 0 Å². The molecule has 0 aliphatic rings. The Kier molecular flexibility index (Phi) is 4.48. The lowest BCUT2D eigenvalue weighted by Gasteiger charge is -2.05. The van der Waals surface area contributed by atoms with Crippen LogP contribution in [0.2, 0.25) is 0 Å². The smallest absolute Gasteiger partial charge is 0.361 e. The van der Waals surface area contributed by atoms with Crippen molar-refractivity contribution in [2.24, 2.45) is 0 Å². The number of amides is 1. The van der Waals surface area contributed by atoms with Crippen molar-refractivity contribution in [2.75, 3.05) is 6.54 Å². The van der Waals surface area contributed by atoms with Crippen molar-refractivity contribution in [1.82, 2.24) is 10.3 Å². The first-order chi connectivity index (χ1) is 11.9. The summed E-state index contributed by atoms with van der Waals surface area (Å²) >= 11 is 0. The second-order valence-corrected chi connectivity index (χ2v) is 5.34. The van der Waals surface area contributed by atoms with Crippen LogP contribution in [0.5, 0.6) is 0 Å². The first kappa shape index (κ1) is 16.7. The SMILES string of the molecule is O=C(NCC#Cc1cccc(C(F)(F)F)c1)c1ccc2cc[nH]c2c1. The van der Waals surface area contributed by atoms with Gasteiger partial charge in [0, 0.05) is 22.8 Å². The molecule has 25 heavy (non-hydrogen) atoms. The van der Waals surface area contributed by atoms with Gasteiger partial charge in [-0.15, -0.1) is 0 Å². The van der Waals surface area contributed by atoms with Gasteiger partial charge in [-0.3, -0.25) is 4.79 Å². The van der Waals surface area contributed by atoms with E-state index in [1.54, 1.807) is 18.3 Å². The molecule has 1 amide bonds. The summed E-state index contributed by atoms with van der Waals surface area (Å²) in [6, 6.07) is 11.9. The quantitative estimate of drug-likeness (QED) is 0.680. The van der Waals surface area contributed by atoms with Crippen molar-refractivity contribution in [1.29, 1.82) is 0 Å². The average Bonchev–Trinajstić information content (AvgIpc) is 3.05. The van der Waals surface area contributed by atoms with Gasteiger partial charge in [0.25, 0.3) is 5.91 Å². The van der Waals surface area contributed by atoms with Crippen LogP contribution < -0.4 is 5.32 Å². The van der Waals surface area contributed by atoms with Crippen molar-refractivity contribution in [3.8, 4) is 11.8 Å². The van der Waals surface area contributed by atoms with Crippen LogP contribution in [0.4, 0.5) is 13.2 Å². The zero-order valence-electron chi connectivity index (χ0n) is 12.9. The molecule has 3 rings (SSSR count). The van der Waals surface area contributed by atoms with E-state index in [0.717, 1.165) is 23.0 Å². The Morgan fingerprint density at radius 3 is 2.76 bits per heavy atom. The number of rotatable bonds is 2. The molecule has 0 unspecified atom stereocenters. The lowest BCUT2D eigenvalue weighted by Crippen LogP contribution is -2.23. The standard InChI is InChI=1S/C19H13F3N2O/c20-19(21,22)16-5-1-3-13(11-16)4-2-9-24-18(25)15-7-6-14-8-10-23-17(14)12-15/h1,3,5-8,10-12,23H,9H2,(H,24,25). The summed E-state index contributed by atoms with van der Waals surface area (Å²) in [5.74, 6) is 4.98.